The normalized spacial score (nSPS) is 15.6. The number of alkyl halides is 1. The van der Waals surface area contributed by atoms with E-state index in [-0.39, 0.29) is 11.9 Å². The lowest BCUT2D eigenvalue weighted by molar-refractivity contribution is -0.460. The highest BCUT2D eigenvalue weighted by molar-refractivity contribution is 14.1. The van der Waals surface area contributed by atoms with Crippen LogP contribution in [-0.4, -0.2) is 41.5 Å². The third-order valence-electron chi connectivity index (χ3n) is 2.15. The Morgan fingerprint density at radius 3 is 2.61 bits per heavy atom. The minimum atomic E-state index is -0.381. The fraction of sp³-hybridized carbons (Fsp3) is 0.800. The summed E-state index contributed by atoms with van der Waals surface area (Å²) in [5.41, 5.74) is 0. The molecule has 18 heavy (non-hydrogen) atoms. The van der Waals surface area contributed by atoms with Gasteiger partial charge < -0.3 is 10.2 Å². The summed E-state index contributed by atoms with van der Waals surface area (Å²) in [6, 6.07) is 0. The SMILES string of the molecule is O=C(CI)NCCCCCC(=O)ON1OCCO1. The molecule has 1 saturated heterocycles. The fourth-order valence-electron chi connectivity index (χ4n) is 1.29. The lowest BCUT2D eigenvalue weighted by Gasteiger charge is -2.10. The molecule has 0 aromatic rings. The van der Waals surface area contributed by atoms with Gasteiger partial charge in [0.25, 0.3) is 0 Å². The lowest BCUT2D eigenvalue weighted by Crippen LogP contribution is -2.25. The second-order valence-corrected chi connectivity index (χ2v) is 4.41. The molecule has 8 heteroatoms. The van der Waals surface area contributed by atoms with Crippen molar-refractivity contribution in [2.75, 3.05) is 24.2 Å². The number of amides is 1. The molecule has 0 saturated carbocycles. The lowest BCUT2D eigenvalue weighted by atomic mass is 10.2. The van der Waals surface area contributed by atoms with Gasteiger partial charge in [0, 0.05) is 13.0 Å². The van der Waals surface area contributed by atoms with E-state index in [2.05, 4.69) is 5.32 Å². The maximum absolute atomic E-state index is 11.3. The van der Waals surface area contributed by atoms with Gasteiger partial charge in [-0.1, -0.05) is 29.0 Å². The summed E-state index contributed by atoms with van der Waals surface area (Å²) in [6.45, 7) is 1.43. The van der Waals surface area contributed by atoms with Crippen LogP contribution in [0.2, 0.25) is 0 Å². The predicted molar refractivity (Wildman–Crippen MR) is 70.2 cm³/mol. The minimum Gasteiger partial charge on any atom is -0.355 e. The van der Waals surface area contributed by atoms with Crippen LogP contribution in [-0.2, 0) is 24.1 Å². The Morgan fingerprint density at radius 1 is 1.22 bits per heavy atom. The van der Waals surface area contributed by atoms with Gasteiger partial charge in [-0.05, 0) is 12.8 Å². The van der Waals surface area contributed by atoms with Crippen molar-refractivity contribution >= 4 is 34.5 Å². The summed E-state index contributed by atoms with van der Waals surface area (Å²) in [5, 5.41) is 3.52. The Hall–Kier alpha value is -0.450. The van der Waals surface area contributed by atoms with E-state index in [0.717, 1.165) is 18.2 Å². The van der Waals surface area contributed by atoms with Crippen molar-refractivity contribution in [1.29, 1.82) is 0 Å². The van der Waals surface area contributed by atoms with Crippen molar-refractivity contribution in [2.24, 2.45) is 0 Å². The van der Waals surface area contributed by atoms with E-state index in [1.54, 1.807) is 0 Å². The van der Waals surface area contributed by atoms with Gasteiger partial charge in [-0.15, -0.1) is 0 Å². The quantitative estimate of drug-likeness (QED) is 0.385. The molecule has 0 spiro atoms. The molecule has 0 radical (unpaired) electrons. The van der Waals surface area contributed by atoms with Crippen LogP contribution in [0.25, 0.3) is 0 Å². The molecule has 1 N–H and O–H groups in total. The minimum absolute atomic E-state index is 0.0401. The number of hydrogen-bond donors (Lipinski definition) is 1. The molecule has 0 atom stereocenters. The summed E-state index contributed by atoms with van der Waals surface area (Å²) in [7, 11) is 0. The Labute approximate surface area is 119 Å². The third-order valence-corrected chi connectivity index (χ3v) is 2.85. The number of carbonyl (C=O) groups is 2. The van der Waals surface area contributed by atoms with Crippen LogP contribution in [0.4, 0.5) is 0 Å². The molecule has 7 nitrogen and oxygen atoms in total. The van der Waals surface area contributed by atoms with Crippen LogP contribution in [0.15, 0.2) is 0 Å². The molecule has 0 aromatic carbocycles. The summed E-state index contributed by atoms with van der Waals surface area (Å²) < 4.78 is 0.472. The van der Waals surface area contributed by atoms with Gasteiger partial charge in [0.15, 0.2) is 0 Å². The van der Waals surface area contributed by atoms with Crippen molar-refractivity contribution in [2.45, 2.75) is 25.7 Å². The topological polar surface area (TPSA) is 77.1 Å². The number of hydrogen-bond acceptors (Lipinski definition) is 6. The Balaban J connectivity index is 1.90. The zero-order chi connectivity index (χ0) is 13.2. The second-order valence-electron chi connectivity index (χ2n) is 3.65. The summed E-state index contributed by atoms with van der Waals surface area (Å²) in [4.78, 5) is 36.6. The molecular weight excluding hydrogens is 355 g/mol. The van der Waals surface area contributed by atoms with Crippen molar-refractivity contribution in [3.8, 4) is 0 Å². The van der Waals surface area contributed by atoms with Crippen LogP contribution in [0.1, 0.15) is 25.7 Å². The van der Waals surface area contributed by atoms with Crippen LogP contribution in [0.5, 0.6) is 0 Å². The molecule has 1 heterocycles. The summed E-state index contributed by atoms with van der Waals surface area (Å²) in [6.07, 6.45) is 2.74. The predicted octanol–water partition coefficient (Wildman–Crippen LogP) is 0.735. The van der Waals surface area contributed by atoms with Crippen LogP contribution in [0, 0.1) is 0 Å². The van der Waals surface area contributed by atoms with E-state index in [9.17, 15) is 9.59 Å². The van der Waals surface area contributed by atoms with Gasteiger partial charge >= 0.3 is 5.97 Å². The molecule has 0 unspecified atom stereocenters. The maximum Gasteiger partial charge on any atom is 0.330 e. The first-order valence-corrected chi connectivity index (χ1v) is 7.34. The molecule has 1 fully saturated rings. The van der Waals surface area contributed by atoms with Gasteiger partial charge in [-0.2, -0.15) is 0 Å². The Morgan fingerprint density at radius 2 is 1.94 bits per heavy atom. The van der Waals surface area contributed by atoms with E-state index in [1.807, 2.05) is 22.6 Å². The zero-order valence-corrected chi connectivity index (χ0v) is 12.2. The molecule has 0 aromatic heterocycles. The Bertz CT molecular complexity index is 271. The van der Waals surface area contributed by atoms with Crippen LogP contribution < -0.4 is 5.32 Å². The van der Waals surface area contributed by atoms with Gasteiger partial charge in [-0.3, -0.25) is 9.59 Å². The van der Waals surface area contributed by atoms with Gasteiger partial charge in [0.2, 0.25) is 5.91 Å². The van der Waals surface area contributed by atoms with Gasteiger partial charge in [0.05, 0.1) is 4.43 Å². The van der Waals surface area contributed by atoms with Gasteiger partial charge in [0.1, 0.15) is 18.6 Å². The third kappa shape index (κ3) is 7.09. The highest BCUT2D eigenvalue weighted by Crippen LogP contribution is 2.06. The number of nitrogens with zero attached hydrogens (tertiary/aromatic N) is 1. The van der Waals surface area contributed by atoms with Crippen molar-refractivity contribution in [3.05, 3.63) is 0 Å². The first kappa shape index (κ1) is 15.6. The largest absolute Gasteiger partial charge is 0.355 e. The van der Waals surface area contributed by atoms with E-state index in [1.165, 1.54) is 0 Å². The van der Waals surface area contributed by atoms with Crippen molar-refractivity contribution < 1.29 is 24.1 Å². The molecule has 1 rings (SSSR count). The number of rotatable bonds is 8. The van der Waals surface area contributed by atoms with Crippen LogP contribution in [0.3, 0.4) is 0 Å². The van der Waals surface area contributed by atoms with E-state index < -0.39 is 0 Å². The summed E-state index contributed by atoms with van der Waals surface area (Å²) >= 11 is 2.01. The number of halogens is 1. The first-order valence-electron chi connectivity index (χ1n) is 5.82. The number of unbranched alkanes of at least 4 members (excludes halogenated alkanes) is 2. The molecule has 0 aliphatic carbocycles. The van der Waals surface area contributed by atoms with Crippen molar-refractivity contribution in [3.63, 3.8) is 0 Å². The highest BCUT2D eigenvalue weighted by atomic mass is 127. The average molecular weight is 372 g/mol. The molecule has 104 valence electrons. The van der Waals surface area contributed by atoms with Gasteiger partial charge in [-0.25, -0.2) is 9.68 Å². The molecule has 0 bridgehead atoms. The fourth-order valence-corrected chi connectivity index (χ4v) is 1.56. The zero-order valence-electron chi connectivity index (χ0n) is 10.0. The standard InChI is InChI=1S/C10H17IN2O5/c11-8-9(14)12-5-3-1-2-4-10(15)18-13-16-6-7-17-13/h1-8H2,(H,12,14). The van der Waals surface area contributed by atoms with Crippen molar-refractivity contribution in [1.82, 2.24) is 10.7 Å². The van der Waals surface area contributed by atoms with Crippen LogP contribution >= 0.6 is 22.6 Å². The number of carbonyl (C=O) groups excluding carboxylic acids is 2. The number of nitrogens with one attached hydrogen (secondary N) is 1. The maximum atomic E-state index is 11.3. The molecule has 1 aliphatic rings. The van der Waals surface area contributed by atoms with E-state index >= 15 is 0 Å². The smallest absolute Gasteiger partial charge is 0.330 e. The Kier molecular flexibility index (Phi) is 8.22. The molecule has 1 aliphatic heterocycles. The highest BCUT2D eigenvalue weighted by Gasteiger charge is 2.18. The van der Waals surface area contributed by atoms with E-state index in [0.29, 0.717) is 37.0 Å². The van der Waals surface area contributed by atoms with E-state index in [4.69, 9.17) is 14.5 Å². The first-order chi connectivity index (χ1) is 8.72. The second kappa shape index (κ2) is 9.48. The molecule has 1 amide bonds. The monoisotopic (exact) mass is 372 g/mol. The summed E-state index contributed by atoms with van der Waals surface area (Å²) in [5.74, 6) is -0.341. The average Bonchev–Trinajstić information content (AvgIpc) is 2.85. The molecular formula is C10H17IN2O5.